The van der Waals surface area contributed by atoms with Gasteiger partial charge in [0.15, 0.2) is 35.9 Å². The topological polar surface area (TPSA) is 230 Å². The maximum atomic E-state index is 13.5. The van der Waals surface area contributed by atoms with Crippen molar-refractivity contribution in [2.24, 2.45) is 11.8 Å². The van der Waals surface area contributed by atoms with Crippen molar-refractivity contribution < 1.29 is 46.8 Å². The van der Waals surface area contributed by atoms with Gasteiger partial charge in [0.1, 0.15) is 5.82 Å². The number of nitrogens with one attached hydrogen (secondary N) is 1. The summed E-state index contributed by atoms with van der Waals surface area (Å²) in [6, 6.07) is 0. The quantitative estimate of drug-likeness (QED) is 0.314. The molecular weight excluding hydrogens is 594 g/mol. The third kappa shape index (κ3) is 9.53. The van der Waals surface area contributed by atoms with Crippen LogP contribution in [0.5, 0.6) is 0 Å². The number of nitrogens with zero attached hydrogens (tertiary/aromatic N) is 3. The molecule has 0 spiro atoms. The fraction of sp³-hybridized carbons (Fsp3) is 0.577. The predicted octanol–water partition coefficient (Wildman–Crippen LogP) is 0.803. The molecule has 44 heavy (non-hydrogen) atoms. The van der Waals surface area contributed by atoms with Crippen LogP contribution >= 0.6 is 0 Å². The van der Waals surface area contributed by atoms with E-state index in [-0.39, 0.29) is 29.9 Å². The number of rotatable bonds is 4. The first kappa shape index (κ1) is 35.7. The summed E-state index contributed by atoms with van der Waals surface area (Å²) in [5.74, 6) is -3.78. The number of ether oxygens (including phenoxy) is 5. The van der Waals surface area contributed by atoms with Gasteiger partial charge in [-0.15, -0.1) is 0 Å². The fourth-order valence-electron chi connectivity index (χ4n) is 4.10. The highest BCUT2D eigenvalue weighted by Gasteiger charge is 2.45. The van der Waals surface area contributed by atoms with Crippen LogP contribution in [-0.2, 0) is 38.1 Å². The molecule has 0 unspecified atom stereocenters. The van der Waals surface area contributed by atoms with Crippen molar-refractivity contribution in [3.8, 4) is 0 Å². The summed E-state index contributed by atoms with van der Waals surface area (Å²) in [6.45, 7) is 11.2. The minimum Gasteiger partial charge on any atom is -0.457 e. The fourth-order valence-corrected chi connectivity index (χ4v) is 4.10. The summed E-state index contributed by atoms with van der Waals surface area (Å²) < 4.78 is 52.7. The molecule has 2 fully saturated rings. The van der Waals surface area contributed by atoms with Crippen LogP contribution in [0, 0.1) is 23.5 Å². The summed E-state index contributed by atoms with van der Waals surface area (Å²) in [5.41, 5.74) is 8.78. The van der Waals surface area contributed by atoms with Crippen molar-refractivity contribution >= 4 is 29.5 Å². The molecule has 0 bridgehead atoms. The van der Waals surface area contributed by atoms with E-state index in [0.29, 0.717) is 0 Å². The van der Waals surface area contributed by atoms with E-state index >= 15 is 0 Å². The van der Waals surface area contributed by atoms with Crippen LogP contribution in [-0.4, -0.2) is 68.1 Å². The van der Waals surface area contributed by atoms with E-state index in [1.54, 1.807) is 6.92 Å². The molecule has 4 rings (SSSR count). The zero-order chi connectivity index (χ0) is 33.5. The van der Waals surface area contributed by atoms with Gasteiger partial charge in [0.2, 0.25) is 6.29 Å². The Balaban J connectivity index is 0.000000247. The molecule has 4 heterocycles. The summed E-state index contributed by atoms with van der Waals surface area (Å²) in [7, 11) is 0. The first-order valence-corrected chi connectivity index (χ1v) is 13.3. The molecule has 2 saturated heterocycles. The number of H-pyrrole nitrogens is 1. The maximum absolute atomic E-state index is 13.5. The van der Waals surface area contributed by atoms with Crippen molar-refractivity contribution in [2.45, 2.75) is 85.4 Å². The Labute approximate surface area is 250 Å². The van der Waals surface area contributed by atoms with Crippen LogP contribution in [0.15, 0.2) is 22.0 Å². The second-order valence-corrected chi connectivity index (χ2v) is 10.0. The van der Waals surface area contributed by atoms with Crippen LogP contribution in [0.25, 0.3) is 0 Å². The number of hydrogen-bond donors (Lipinski definition) is 3. The Bertz CT molecular complexity index is 1450. The van der Waals surface area contributed by atoms with Crippen LogP contribution in [0.3, 0.4) is 0 Å². The first-order chi connectivity index (χ1) is 20.4. The van der Waals surface area contributed by atoms with Gasteiger partial charge >= 0.3 is 29.3 Å². The van der Waals surface area contributed by atoms with E-state index in [1.807, 2.05) is 25.8 Å². The van der Waals surface area contributed by atoms with E-state index in [9.17, 15) is 32.8 Å². The Hall–Kier alpha value is -4.45. The average Bonchev–Trinajstić information content (AvgIpc) is 3.33. The summed E-state index contributed by atoms with van der Waals surface area (Å²) >= 11 is 0. The van der Waals surface area contributed by atoms with Crippen LogP contribution in [0.4, 0.5) is 20.4 Å². The van der Waals surface area contributed by atoms with E-state index in [1.165, 1.54) is 20.8 Å². The van der Waals surface area contributed by atoms with Crippen molar-refractivity contribution in [3.63, 3.8) is 0 Å². The van der Waals surface area contributed by atoms with Gasteiger partial charge in [0, 0.05) is 32.6 Å². The highest BCUT2D eigenvalue weighted by molar-refractivity contribution is 5.67. The molecule has 0 amide bonds. The number of anilines is 2. The smallest absolute Gasteiger partial charge is 0.351 e. The molecule has 2 aliphatic rings. The summed E-state index contributed by atoms with van der Waals surface area (Å²) in [6.07, 6.45) is -1.57. The van der Waals surface area contributed by atoms with Crippen molar-refractivity contribution in [2.75, 3.05) is 11.5 Å². The third-order valence-corrected chi connectivity index (χ3v) is 6.66. The number of nitrogen functional groups attached to an aromatic ring is 2. The number of hydrogen-bond acceptors (Lipinski definition) is 14. The Kier molecular flexibility index (Phi) is 12.5. The van der Waals surface area contributed by atoms with Gasteiger partial charge in [0.05, 0.1) is 24.6 Å². The highest BCUT2D eigenvalue weighted by Crippen LogP contribution is 2.35. The molecule has 0 aromatic carbocycles. The second kappa shape index (κ2) is 15.3. The Morgan fingerprint density at radius 3 is 1.91 bits per heavy atom. The lowest BCUT2D eigenvalue weighted by Gasteiger charge is -2.22. The molecular formula is C26H36F2N6O10. The molecule has 0 aliphatic carbocycles. The van der Waals surface area contributed by atoms with E-state index in [4.69, 9.17) is 35.2 Å². The van der Waals surface area contributed by atoms with Gasteiger partial charge < -0.3 is 35.2 Å². The maximum Gasteiger partial charge on any atom is 0.351 e. The number of nitrogens with two attached hydrogens (primary N) is 2. The third-order valence-electron chi connectivity index (χ3n) is 6.66. The minimum absolute atomic E-state index is 0.0123. The lowest BCUT2D eigenvalue weighted by atomic mass is 10.0. The molecule has 2 aromatic heterocycles. The van der Waals surface area contributed by atoms with Gasteiger partial charge in [-0.1, -0.05) is 13.8 Å². The number of aromatic nitrogens is 4. The van der Waals surface area contributed by atoms with E-state index < -0.39 is 71.5 Å². The molecule has 244 valence electrons. The normalized spacial score (nSPS) is 27.2. The van der Waals surface area contributed by atoms with Crippen molar-refractivity contribution in [1.82, 2.24) is 19.5 Å². The standard InChI is InChI=1S/C12H16FN3O4.C10H16O5.C4H4FN3O/c1-5-6(2)19-11(9(5)20-7(3)17)16-4-8(13)10(14)15-12(16)18;1-5-6(2)13-10(15-8(4)12)9(5)14-7(3)11;5-2-1-7-4(9)8-3(2)6/h4-6,9,11H,1-3H3,(H2,14,15,18);5-6,9-10H,1-4H3;1H,(H3,6,7,8,9)/t5-,6-,9-,11-;5-,6-,9-,10+;/m11./s1. The van der Waals surface area contributed by atoms with E-state index in [2.05, 4.69) is 9.97 Å². The lowest BCUT2D eigenvalue weighted by molar-refractivity contribution is -0.193. The molecule has 16 nitrogen and oxygen atoms in total. The van der Waals surface area contributed by atoms with Crippen LogP contribution in [0.1, 0.15) is 54.7 Å². The minimum atomic E-state index is -0.918. The number of aromatic amines is 1. The average molecular weight is 631 g/mol. The number of halogens is 2. The lowest BCUT2D eigenvalue weighted by Crippen LogP contribution is -2.36. The van der Waals surface area contributed by atoms with Gasteiger partial charge in [-0.25, -0.2) is 18.4 Å². The summed E-state index contributed by atoms with van der Waals surface area (Å²) in [4.78, 5) is 63.3. The molecule has 18 heteroatoms. The zero-order valence-electron chi connectivity index (χ0n) is 25.1. The van der Waals surface area contributed by atoms with Gasteiger partial charge in [-0.05, 0) is 13.8 Å². The monoisotopic (exact) mass is 630 g/mol. The summed E-state index contributed by atoms with van der Waals surface area (Å²) in [5, 5.41) is 0. The number of carbonyl (C=O) groups is 3. The van der Waals surface area contributed by atoms with E-state index in [0.717, 1.165) is 17.0 Å². The van der Waals surface area contributed by atoms with Gasteiger partial charge in [0.25, 0.3) is 0 Å². The Morgan fingerprint density at radius 1 is 0.864 bits per heavy atom. The van der Waals surface area contributed by atoms with Gasteiger partial charge in [-0.2, -0.15) is 9.97 Å². The SMILES string of the molecule is CC(=O)O[C@@H]1O[C@H](C)[C@@H](C)[C@H]1OC(C)=O.CC(=O)O[C@@H]1[C@H](C)[C@@H](C)O[C@H]1n1cc(F)c(N)nc1=O.Nc1[nH]c(=O)ncc1F. The molecule has 8 atom stereocenters. The molecule has 0 saturated carbocycles. The molecule has 0 radical (unpaired) electrons. The predicted molar refractivity (Wildman–Crippen MR) is 147 cm³/mol. The van der Waals surface area contributed by atoms with Crippen molar-refractivity contribution in [1.29, 1.82) is 0 Å². The first-order valence-electron chi connectivity index (χ1n) is 13.3. The number of carbonyl (C=O) groups excluding carboxylic acids is 3. The largest absolute Gasteiger partial charge is 0.457 e. The molecule has 5 N–H and O–H groups in total. The van der Waals surface area contributed by atoms with Crippen LogP contribution in [0.2, 0.25) is 0 Å². The van der Waals surface area contributed by atoms with Crippen molar-refractivity contribution in [3.05, 3.63) is 45.0 Å². The highest BCUT2D eigenvalue weighted by atomic mass is 19.1. The second-order valence-electron chi connectivity index (χ2n) is 10.0. The molecule has 2 aromatic rings. The molecule has 2 aliphatic heterocycles. The zero-order valence-corrected chi connectivity index (χ0v) is 25.1. The number of esters is 3. The van der Waals surface area contributed by atoms with Crippen LogP contribution < -0.4 is 22.8 Å². The van der Waals surface area contributed by atoms with Gasteiger partial charge in [-0.3, -0.25) is 23.9 Å². The Morgan fingerprint density at radius 2 is 1.39 bits per heavy atom.